The van der Waals surface area contributed by atoms with E-state index in [1.54, 1.807) is 0 Å². The third-order valence-corrected chi connectivity index (χ3v) is 4.28. The molecule has 0 saturated carbocycles. The van der Waals surface area contributed by atoms with E-state index in [0.29, 0.717) is 0 Å². The van der Waals surface area contributed by atoms with E-state index in [1.165, 1.54) is 0 Å². The second kappa shape index (κ2) is 6.85. The minimum absolute atomic E-state index is 0.0509. The quantitative estimate of drug-likeness (QED) is 0.828. The highest BCUT2D eigenvalue weighted by atomic mass is 35.5. The van der Waals surface area contributed by atoms with Crippen molar-refractivity contribution in [2.45, 2.75) is 13.5 Å². The van der Waals surface area contributed by atoms with Gasteiger partial charge >= 0.3 is 6.55 Å². The Kier molecular flexibility index (Phi) is 5.35. The van der Waals surface area contributed by atoms with Gasteiger partial charge in [-0.05, 0) is 19.1 Å². The smallest absolute Gasteiger partial charge is 0.282 e. The summed E-state index contributed by atoms with van der Waals surface area (Å²) in [7, 11) is -3.73. The lowest BCUT2D eigenvalue weighted by atomic mass is 10.1. The van der Waals surface area contributed by atoms with Gasteiger partial charge in [-0.15, -0.1) is 0 Å². The van der Waals surface area contributed by atoms with Crippen molar-refractivity contribution in [3.05, 3.63) is 44.2 Å². The first kappa shape index (κ1) is 19.5. The fourth-order valence-electron chi connectivity index (χ4n) is 2.04. The zero-order chi connectivity index (χ0) is 19.1. The predicted molar refractivity (Wildman–Crippen MR) is 88.4 cm³/mol. The van der Waals surface area contributed by atoms with Gasteiger partial charge in [0, 0.05) is 5.56 Å². The molecule has 0 unspecified atom stereocenters. The third kappa shape index (κ3) is 4.07. The minimum Gasteiger partial charge on any atom is -0.282 e. The Bertz CT molecular complexity index is 1010. The number of aromatic nitrogens is 2. The van der Waals surface area contributed by atoms with Crippen LogP contribution in [0.3, 0.4) is 0 Å². The maximum absolute atomic E-state index is 14.2. The molecule has 136 valence electrons. The first-order valence-corrected chi connectivity index (χ1v) is 9.11. The molecule has 0 aliphatic carbocycles. The van der Waals surface area contributed by atoms with Crippen molar-refractivity contribution >= 4 is 38.9 Å². The summed E-state index contributed by atoms with van der Waals surface area (Å²) in [6.45, 7) is -2.05. The summed E-state index contributed by atoms with van der Waals surface area (Å²) in [4.78, 5) is 15.7. The molecule has 1 heterocycles. The van der Waals surface area contributed by atoms with E-state index < -0.39 is 44.5 Å². The SMILES string of the molecule is Cc1nc(-c2cc(NS(C)(=O)=O)c(Cl)cc2F)c(Cl)c(=O)n1C(F)F. The zero-order valence-electron chi connectivity index (χ0n) is 12.6. The van der Waals surface area contributed by atoms with Crippen molar-refractivity contribution in [3.8, 4) is 11.3 Å². The third-order valence-electron chi connectivity index (χ3n) is 3.04. The Hall–Kier alpha value is -1.78. The Morgan fingerprint density at radius 3 is 2.40 bits per heavy atom. The molecule has 12 heteroatoms. The second-order valence-corrected chi connectivity index (χ2v) is 7.49. The van der Waals surface area contributed by atoms with Gasteiger partial charge in [0.1, 0.15) is 16.7 Å². The Balaban J connectivity index is 2.75. The number of hydrogen-bond donors (Lipinski definition) is 1. The summed E-state index contributed by atoms with van der Waals surface area (Å²) in [5, 5.41) is -0.988. The summed E-state index contributed by atoms with van der Waals surface area (Å²) < 4.78 is 64.8. The predicted octanol–water partition coefficient (Wildman–Crippen LogP) is 3.43. The lowest BCUT2D eigenvalue weighted by molar-refractivity contribution is 0.0628. The van der Waals surface area contributed by atoms with Gasteiger partial charge in [-0.1, -0.05) is 23.2 Å². The summed E-state index contributed by atoms with van der Waals surface area (Å²) in [6, 6.07) is 1.76. The Morgan fingerprint density at radius 2 is 1.88 bits per heavy atom. The van der Waals surface area contributed by atoms with Crippen molar-refractivity contribution in [3.63, 3.8) is 0 Å². The van der Waals surface area contributed by atoms with Crippen molar-refractivity contribution in [1.82, 2.24) is 9.55 Å². The van der Waals surface area contributed by atoms with Crippen molar-refractivity contribution < 1.29 is 21.6 Å². The number of halogens is 5. The molecule has 0 atom stereocenters. The first-order valence-electron chi connectivity index (χ1n) is 6.46. The van der Waals surface area contributed by atoms with Gasteiger partial charge in [0.15, 0.2) is 0 Å². The minimum atomic E-state index is -3.73. The maximum atomic E-state index is 14.2. The fourth-order valence-corrected chi connectivity index (χ4v) is 3.09. The van der Waals surface area contributed by atoms with E-state index in [0.717, 1.165) is 25.3 Å². The van der Waals surface area contributed by atoms with E-state index in [9.17, 15) is 26.4 Å². The van der Waals surface area contributed by atoms with Crippen LogP contribution in [0.2, 0.25) is 10.0 Å². The van der Waals surface area contributed by atoms with E-state index >= 15 is 0 Å². The number of aryl methyl sites for hydroxylation is 1. The largest absolute Gasteiger partial charge is 0.322 e. The molecule has 0 aliphatic heterocycles. The van der Waals surface area contributed by atoms with E-state index in [-0.39, 0.29) is 20.8 Å². The summed E-state index contributed by atoms with van der Waals surface area (Å²) >= 11 is 11.6. The highest BCUT2D eigenvalue weighted by molar-refractivity contribution is 7.92. The zero-order valence-corrected chi connectivity index (χ0v) is 15.0. The second-order valence-electron chi connectivity index (χ2n) is 4.96. The lowest BCUT2D eigenvalue weighted by Crippen LogP contribution is -2.25. The number of benzene rings is 1. The standard InChI is InChI=1S/C13H10Cl2F3N3O3S/c1-5-19-11(10(15)12(22)21(5)13(17)18)6-3-9(20-25(2,23)24)7(14)4-8(6)16/h3-4,13,20H,1-2H3. The Morgan fingerprint density at radius 1 is 1.28 bits per heavy atom. The van der Waals surface area contributed by atoms with Crippen LogP contribution in [0, 0.1) is 12.7 Å². The maximum Gasteiger partial charge on any atom is 0.322 e. The van der Waals surface area contributed by atoms with E-state index in [2.05, 4.69) is 9.71 Å². The Labute approximate surface area is 150 Å². The number of nitrogens with zero attached hydrogens (tertiary/aromatic N) is 2. The summed E-state index contributed by atoms with van der Waals surface area (Å²) in [5.41, 5.74) is -2.23. The molecule has 0 spiro atoms. The average Bonchev–Trinajstić information content (AvgIpc) is 2.44. The van der Waals surface area contributed by atoms with Gasteiger partial charge in [0.2, 0.25) is 10.0 Å². The van der Waals surface area contributed by atoms with Crippen LogP contribution in [0.5, 0.6) is 0 Å². The molecule has 6 nitrogen and oxygen atoms in total. The molecule has 1 N–H and O–H groups in total. The highest BCUT2D eigenvalue weighted by Gasteiger charge is 2.22. The topological polar surface area (TPSA) is 81.1 Å². The first-order chi connectivity index (χ1) is 11.4. The molecule has 25 heavy (non-hydrogen) atoms. The molecule has 0 aliphatic rings. The summed E-state index contributed by atoms with van der Waals surface area (Å²) in [5.74, 6) is -1.36. The molecule has 0 radical (unpaired) electrons. The van der Waals surface area contributed by atoms with Crippen LogP contribution in [0.15, 0.2) is 16.9 Å². The van der Waals surface area contributed by atoms with Crippen molar-refractivity contribution in [2.24, 2.45) is 0 Å². The van der Waals surface area contributed by atoms with Crippen molar-refractivity contribution in [1.29, 1.82) is 0 Å². The molecule has 0 saturated heterocycles. The molecule has 2 aromatic rings. The number of sulfonamides is 1. The highest BCUT2D eigenvalue weighted by Crippen LogP contribution is 2.34. The van der Waals surface area contributed by atoms with Gasteiger partial charge in [0.05, 0.1) is 22.7 Å². The van der Waals surface area contributed by atoms with E-state index in [1.807, 2.05) is 0 Å². The molecule has 1 aromatic heterocycles. The molecule has 0 fully saturated rings. The van der Waals surface area contributed by atoms with Gasteiger partial charge in [0.25, 0.3) is 5.56 Å². The van der Waals surface area contributed by atoms with Gasteiger partial charge in [-0.2, -0.15) is 8.78 Å². The monoisotopic (exact) mass is 415 g/mol. The van der Waals surface area contributed by atoms with Crippen molar-refractivity contribution in [2.75, 3.05) is 11.0 Å². The van der Waals surface area contributed by atoms with Crippen LogP contribution in [0.1, 0.15) is 12.4 Å². The average molecular weight is 416 g/mol. The molecular weight excluding hydrogens is 406 g/mol. The van der Waals surface area contributed by atoms with Crippen LogP contribution < -0.4 is 10.3 Å². The molecule has 1 aromatic carbocycles. The van der Waals surface area contributed by atoms with Gasteiger partial charge < -0.3 is 0 Å². The number of anilines is 1. The lowest BCUT2D eigenvalue weighted by Gasteiger charge is -2.14. The van der Waals surface area contributed by atoms with Crippen LogP contribution in [-0.4, -0.2) is 24.2 Å². The van der Waals surface area contributed by atoms with Crippen LogP contribution in [0.25, 0.3) is 11.3 Å². The summed E-state index contributed by atoms with van der Waals surface area (Å²) in [6.07, 6.45) is 0.853. The number of alkyl halides is 2. The normalized spacial score (nSPS) is 11.8. The number of rotatable bonds is 4. The molecule has 0 bridgehead atoms. The molecule has 2 rings (SSSR count). The number of nitrogens with one attached hydrogen (secondary N) is 1. The van der Waals surface area contributed by atoms with Gasteiger partial charge in [-0.3, -0.25) is 9.52 Å². The fraction of sp³-hybridized carbons (Fsp3) is 0.231. The molecule has 0 amide bonds. The van der Waals surface area contributed by atoms with Crippen LogP contribution in [-0.2, 0) is 10.0 Å². The van der Waals surface area contributed by atoms with Crippen LogP contribution in [0.4, 0.5) is 18.9 Å². The van der Waals surface area contributed by atoms with Gasteiger partial charge in [-0.25, -0.2) is 22.4 Å². The molecular formula is C13H10Cl2F3N3O3S. The van der Waals surface area contributed by atoms with Crippen LogP contribution >= 0.6 is 23.2 Å². The van der Waals surface area contributed by atoms with E-state index in [4.69, 9.17) is 23.2 Å². The number of hydrogen-bond acceptors (Lipinski definition) is 4.